The van der Waals surface area contributed by atoms with Crippen molar-refractivity contribution in [1.82, 2.24) is 0 Å². The first-order chi connectivity index (χ1) is 9.55. The third kappa shape index (κ3) is 2.90. The van der Waals surface area contributed by atoms with Crippen LogP contribution in [0.5, 0.6) is 17.2 Å². The van der Waals surface area contributed by atoms with Crippen LogP contribution in [0.3, 0.4) is 0 Å². The fourth-order valence-corrected chi connectivity index (χ4v) is 1.89. The molecule has 0 amide bonds. The van der Waals surface area contributed by atoms with Crippen molar-refractivity contribution in [2.45, 2.75) is 20.3 Å². The van der Waals surface area contributed by atoms with Crippen LogP contribution in [0.2, 0.25) is 0 Å². The molecule has 0 N–H and O–H groups in total. The van der Waals surface area contributed by atoms with E-state index in [0.29, 0.717) is 17.7 Å². The molecule has 0 spiro atoms. The molecule has 0 unspecified atom stereocenters. The molecule has 20 heavy (non-hydrogen) atoms. The van der Waals surface area contributed by atoms with Crippen LogP contribution < -0.4 is 9.47 Å². The third-order valence-corrected chi connectivity index (χ3v) is 3.02. The molecule has 0 aliphatic carbocycles. The fourth-order valence-electron chi connectivity index (χ4n) is 1.89. The molecule has 106 valence electrons. The normalized spacial score (nSPS) is 10.4. The summed E-state index contributed by atoms with van der Waals surface area (Å²) in [6, 6.07) is 7.38. The Balaban J connectivity index is 2.40. The average molecular weight is 278 g/mol. The van der Waals surface area contributed by atoms with Gasteiger partial charge in [0.05, 0.1) is 7.11 Å². The molecule has 2 aromatic carbocycles. The van der Waals surface area contributed by atoms with Gasteiger partial charge >= 0.3 is 0 Å². The van der Waals surface area contributed by atoms with Gasteiger partial charge in [0.1, 0.15) is 5.82 Å². The van der Waals surface area contributed by atoms with Gasteiger partial charge in [-0.3, -0.25) is 0 Å². The summed E-state index contributed by atoms with van der Waals surface area (Å²) in [4.78, 5) is 0. The lowest BCUT2D eigenvalue weighted by atomic mass is 10.1. The van der Waals surface area contributed by atoms with Crippen LogP contribution in [0, 0.1) is 18.6 Å². The number of halogens is 2. The molecule has 0 atom stereocenters. The third-order valence-electron chi connectivity index (χ3n) is 3.02. The Kier molecular flexibility index (Phi) is 4.23. The van der Waals surface area contributed by atoms with Crippen LogP contribution in [0.4, 0.5) is 8.78 Å². The number of benzene rings is 2. The summed E-state index contributed by atoms with van der Waals surface area (Å²) >= 11 is 0. The number of hydrogen-bond acceptors (Lipinski definition) is 2. The molecule has 0 saturated heterocycles. The molecular formula is C16H16F2O2. The maximum atomic E-state index is 13.8. The van der Waals surface area contributed by atoms with E-state index in [1.54, 1.807) is 19.1 Å². The van der Waals surface area contributed by atoms with E-state index < -0.39 is 11.6 Å². The highest BCUT2D eigenvalue weighted by Crippen LogP contribution is 2.35. The Morgan fingerprint density at radius 2 is 1.70 bits per heavy atom. The van der Waals surface area contributed by atoms with Gasteiger partial charge < -0.3 is 9.47 Å². The minimum atomic E-state index is -0.493. The van der Waals surface area contributed by atoms with Crippen LogP contribution in [0.15, 0.2) is 30.3 Å². The molecule has 2 aromatic rings. The summed E-state index contributed by atoms with van der Waals surface area (Å²) in [5.74, 6) is -0.312. The second-order valence-electron chi connectivity index (χ2n) is 4.48. The van der Waals surface area contributed by atoms with Crippen molar-refractivity contribution in [3.8, 4) is 17.2 Å². The molecular weight excluding hydrogens is 262 g/mol. The van der Waals surface area contributed by atoms with Crippen molar-refractivity contribution < 1.29 is 18.3 Å². The van der Waals surface area contributed by atoms with E-state index in [4.69, 9.17) is 9.47 Å². The molecule has 2 rings (SSSR count). The van der Waals surface area contributed by atoms with E-state index in [1.165, 1.54) is 25.3 Å². The van der Waals surface area contributed by atoms with Crippen LogP contribution >= 0.6 is 0 Å². The van der Waals surface area contributed by atoms with Crippen molar-refractivity contribution >= 4 is 0 Å². The number of rotatable bonds is 4. The monoisotopic (exact) mass is 278 g/mol. The molecule has 0 radical (unpaired) electrons. The summed E-state index contributed by atoms with van der Waals surface area (Å²) in [6.07, 6.45) is 0.543. The molecule has 0 saturated carbocycles. The van der Waals surface area contributed by atoms with E-state index in [9.17, 15) is 8.78 Å². The zero-order valence-corrected chi connectivity index (χ0v) is 11.7. The van der Waals surface area contributed by atoms with Gasteiger partial charge in [-0.25, -0.2) is 8.78 Å². The fraction of sp³-hybridized carbons (Fsp3) is 0.250. The highest BCUT2D eigenvalue weighted by molar-refractivity contribution is 5.46. The van der Waals surface area contributed by atoms with Crippen LogP contribution in [-0.4, -0.2) is 7.11 Å². The molecule has 0 heterocycles. The molecule has 0 bridgehead atoms. The topological polar surface area (TPSA) is 18.5 Å². The maximum absolute atomic E-state index is 13.8. The standard InChI is InChI=1S/C16H16F2O2/c1-4-11-8-15(19-3)16(9-12(11)17)20-14-6-5-10(2)7-13(14)18/h5-9H,4H2,1-3H3. The maximum Gasteiger partial charge on any atom is 0.172 e. The lowest BCUT2D eigenvalue weighted by Crippen LogP contribution is -1.96. The Bertz CT molecular complexity index is 624. The molecule has 0 aliphatic rings. The second kappa shape index (κ2) is 5.90. The second-order valence-corrected chi connectivity index (χ2v) is 4.48. The first-order valence-corrected chi connectivity index (χ1v) is 6.35. The highest BCUT2D eigenvalue weighted by Gasteiger charge is 2.13. The predicted molar refractivity (Wildman–Crippen MR) is 73.5 cm³/mol. The Morgan fingerprint density at radius 1 is 0.950 bits per heavy atom. The van der Waals surface area contributed by atoms with Gasteiger partial charge in [-0.2, -0.15) is 0 Å². The van der Waals surface area contributed by atoms with Crippen molar-refractivity contribution in [3.63, 3.8) is 0 Å². The zero-order valence-electron chi connectivity index (χ0n) is 11.7. The SMILES string of the molecule is CCc1cc(OC)c(Oc2ccc(C)cc2F)cc1F. The minimum Gasteiger partial charge on any atom is -0.493 e. The van der Waals surface area contributed by atoms with Crippen LogP contribution in [0.1, 0.15) is 18.1 Å². The van der Waals surface area contributed by atoms with Crippen molar-refractivity contribution in [3.05, 3.63) is 53.1 Å². The first-order valence-electron chi connectivity index (χ1n) is 6.35. The summed E-state index contributed by atoms with van der Waals surface area (Å²) in [7, 11) is 1.46. The van der Waals surface area contributed by atoms with E-state index in [1.807, 2.05) is 6.92 Å². The lowest BCUT2D eigenvalue weighted by molar-refractivity contribution is 0.367. The number of aryl methyl sites for hydroxylation is 2. The quantitative estimate of drug-likeness (QED) is 0.811. The summed E-state index contributed by atoms with van der Waals surface area (Å²) in [6.45, 7) is 3.63. The highest BCUT2D eigenvalue weighted by atomic mass is 19.1. The largest absolute Gasteiger partial charge is 0.493 e. The van der Waals surface area contributed by atoms with Gasteiger partial charge in [0, 0.05) is 6.07 Å². The summed E-state index contributed by atoms with van der Waals surface area (Å²) in [5.41, 5.74) is 1.31. The van der Waals surface area contributed by atoms with Gasteiger partial charge in [-0.1, -0.05) is 13.0 Å². The Morgan fingerprint density at radius 3 is 2.30 bits per heavy atom. The first kappa shape index (κ1) is 14.3. The Hall–Kier alpha value is -2.10. The van der Waals surface area contributed by atoms with Crippen LogP contribution in [0.25, 0.3) is 0 Å². The van der Waals surface area contributed by atoms with E-state index in [-0.39, 0.29) is 11.5 Å². The average Bonchev–Trinajstić information content (AvgIpc) is 2.42. The number of hydrogen-bond donors (Lipinski definition) is 0. The minimum absolute atomic E-state index is 0.0394. The van der Waals surface area contributed by atoms with Gasteiger partial charge in [-0.05, 0) is 42.7 Å². The molecule has 0 aromatic heterocycles. The predicted octanol–water partition coefficient (Wildman–Crippen LogP) is 4.64. The molecule has 2 nitrogen and oxygen atoms in total. The van der Waals surface area contributed by atoms with E-state index in [0.717, 1.165) is 5.56 Å². The van der Waals surface area contributed by atoms with Gasteiger partial charge in [0.25, 0.3) is 0 Å². The molecule has 0 fully saturated rings. The smallest absolute Gasteiger partial charge is 0.172 e. The summed E-state index contributed by atoms with van der Waals surface area (Å²) < 4.78 is 38.2. The van der Waals surface area contributed by atoms with Crippen molar-refractivity contribution in [1.29, 1.82) is 0 Å². The van der Waals surface area contributed by atoms with Gasteiger partial charge in [0.15, 0.2) is 23.1 Å². The lowest BCUT2D eigenvalue weighted by Gasteiger charge is -2.13. The zero-order chi connectivity index (χ0) is 14.7. The van der Waals surface area contributed by atoms with Gasteiger partial charge in [0.2, 0.25) is 0 Å². The van der Waals surface area contributed by atoms with Crippen molar-refractivity contribution in [2.24, 2.45) is 0 Å². The Labute approximate surface area is 117 Å². The van der Waals surface area contributed by atoms with E-state index in [2.05, 4.69) is 0 Å². The van der Waals surface area contributed by atoms with Crippen molar-refractivity contribution in [2.75, 3.05) is 7.11 Å². The van der Waals surface area contributed by atoms with Crippen LogP contribution in [-0.2, 0) is 6.42 Å². The van der Waals surface area contributed by atoms with E-state index >= 15 is 0 Å². The summed E-state index contributed by atoms with van der Waals surface area (Å²) in [5, 5.41) is 0. The number of ether oxygens (including phenoxy) is 2. The molecule has 0 aliphatic heterocycles. The van der Waals surface area contributed by atoms with Gasteiger partial charge in [-0.15, -0.1) is 0 Å². The number of methoxy groups -OCH3 is 1. The molecule has 4 heteroatoms.